The molecule has 8 atom stereocenters. The number of nitrogens with two attached hydrogens (primary N) is 1. The van der Waals surface area contributed by atoms with Crippen LogP contribution in [0.1, 0.15) is 142 Å². The quantitative estimate of drug-likeness (QED) is 0.0118. The molecule has 0 spiro atoms. The Balaban J connectivity index is 1.85. The fourth-order valence-corrected chi connectivity index (χ4v) is 8.82. The van der Waals surface area contributed by atoms with Gasteiger partial charge in [-0.05, 0) is 76.7 Å². The molecule has 0 saturated carbocycles. The van der Waals surface area contributed by atoms with Gasteiger partial charge in [0.25, 0.3) is 0 Å². The van der Waals surface area contributed by atoms with Gasteiger partial charge in [0.1, 0.15) is 30.7 Å². The summed E-state index contributed by atoms with van der Waals surface area (Å²) in [5.41, 5.74) is 4.57. The normalized spacial score (nSPS) is 20.3. The summed E-state index contributed by atoms with van der Waals surface area (Å²) in [4.78, 5) is 61.8. The Labute approximate surface area is 419 Å². The number of nitrogens with zero attached hydrogens (tertiary/aromatic N) is 2. The minimum Gasteiger partial charge on any atom is -0.462 e. The smallest absolute Gasteiger partial charge is 0.462 e. The number of nitrogen functional groups attached to an aromatic ring is 1. The molecule has 1 aliphatic heterocycles. The Morgan fingerprint density at radius 1 is 0.761 bits per heavy atom. The van der Waals surface area contributed by atoms with E-state index < -0.39 is 89.8 Å². The first-order chi connectivity index (χ1) is 34.1. The van der Waals surface area contributed by atoms with Crippen LogP contribution in [0.3, 0.4) is 0 Å². The summed E-state index contributed by atoms with van der Waals surface area (Å²) in [6.45, 7) is 1.82. The molecule has 400 valence electrons. The summed E-state index contributed by atoms with van der Waals surface area (Å²) >= 11 is 0. The first-order valence-corrected chi connectivity index (χ1v) is 27.7. The highest BCUT2D eigenvalue weighted by molar-refractivity contribution is 7.61. The number of anilines is 1. The maximum absolute atomic E-state index is 12.8. The first kappa shape index (κ1) is 63.0. The van der Waals surface area contributed by atoms with Gasteiger partial charge in [-0.1, -0.05) is 137 Å². The van der Waals surface area contributed by atoms with E-state index >= 15 is 0 Å². The molecule has 0 bridgehead atoms. The van der Waals surface area contributed by atoms with E-state index in [2.05, 4.69) is 28.4 Å². The van der Waals surface area contributed by atoms with E-state index in [9.17, 15) is 48.6 Å². The highest BCUT2D eigenvalue weighted by atomic mass is 31.3. The number of hydrogen-bond acceptors (Lipinski definition) is 16. The van der Waals surface area contributed by atoms with Crippen LogP contribution in [-0.2, 0) is 46.3 Å². The molecule has 0 aromatic carbocycles. The number of rotatable bonds is 39. The Kier molecular flexibility index (Phi) is 33.4. The summed E-state index contributed by atoms with van der Waals surface area (Å²) < 4.78 is 56.6. The van der Waals surface area contributed by atoms with Crippen molar-refractivity contribution in [2.75, 3.05) is 25.6 Å². The van der Waals surface area contributed by atoms with Gasteiger partial charge in [0.2, 0.25) is 0 Å². The van der Waals surface area contributed by atoms with Crippen LogP contribution in [-0.4, -0.2) is 96.9 Å². The van der Waals surface area contributed by atoms with Crippen molar-refractivity contribution in [1.29, 1.82) is 0 Å². The number of aliphatic hydroxyl groups is 3. The number of carbonyl (C=O) groups is 2. The summed E-state index contributed by atoms with van der Waals surface area (Å²) in [6.07, 6.45) is 35.9. The third-order valence-corrected chi connectivity index (χ3v) is 13.2. The van der Waals surface area contributed by atoms with Crippen LogP contribution in [0.5, 0.6) is 0 Å². The second kappa shape index (κ2) is 37.6. The zero-order valence-electron chi connectivity index (χ0n) is 41.4. The van der Waals surface area contributed by atoms with Gasteiger partial charge in [-0.25, -0.2) is 13.9 Å². The zero-order valence-corrected chi connectivity index (χ0v) is 43.1. The fourth-order valence-electron chi connectivity index (χ4n) is 6.71. The molecule has 21 heteroatoms. The van der Waals surface area contributed by atoms with E-state index in [0.29, 0.717) is 25.7 Å². The molecule has 1 aromatic rings. The Bertz CT molecular complexity index is 2040. The molecule has 1 aromatic heterocycles. The molecule has 1 aliphatic rings. The number of carbonyl (C=O) groups excluding carboxylic acids is 2. The van der Waals surface area contributed by atoms with Crippen molar-refractivity contribution >= 4 is 33.4 Å². The van der Waals surface area contributed by atoms with Gasteiger partial charge in [-0.3, -0.25) is 23.2 Å². The van der Waals surface area contributed by atoms with Crippen molar-refractivity contribution in [2.24, 2.45) is 0 Å². The molecule has 3 unspecified atom stereocenters. The Morgan fingerprint density at radius 2 is 1.38 bits per heavy atom. The van der Waals surface area contributed by atoms with Crippen LogP contribution in [0, 0.1) is 0 Å². The molecule has 7 N–H and O–H groups in total. The number of unbranched alkanes of at least 4 members (excludes halogenated alkanes) is 9. The Hall–Kier alpha value is -4.10. The summed E-state index contributed by atoms with van der Waals surface area (Å²) in [6, 6.07) is 1.24. The molecule has 1 fully saturated rings. The SMILES string of the molecule is CC/C=C\CC(O)/C=C/C=C/C/C=C\C/C=C\C/C=C\CCC(=O)OC[C@H](COP(=O)(O)OP(=O)(O)OC[C@H]1O[C@@H](n2ccc(N)nc2=O)[C@H](O)[C@@H]1O)OC(=O)CCCCCCC/C=C\CCCCCC. The van der Waals surface area contributed by atoms with Crippen molar-refractivity contribution in [1.82, 2.24) is 9.55 Å². The van der Waals surface area contributed by atoms with E-state index in [1.807, 2.05) is 73.8 Å². The number of phosphoric acid groups is 2. The average molecular weight is 1040 g/mol. The summed E-state index contributed by atoms with van der Waals surface area (Å²) in [7, 11) is -10.9. The number of allylic oxidation sites excluding steroid dienone is 12. The largest absolute Gasteiger partial charge is 0.481 e. The van der Waals surface area contributed by atoms with Crippen molar-refractivity contribution < 1.29 is 71.4 Å². The second-order valence-corrected chi connectivity index (χ2v) is 19.8. The molecule has 0 aliphatic carbocycles. The molecular weight excluding hydrogens is 961 g/mol. The minimum absolute atomic E-state index is 0.0120. The van der Waals surface area contributed by atoms with Gasteiger partial charge in [0.15, 0.2) is 12.3 Å². The monoisotopic (exact) mass is 1040 g/mol. The van der Waals surface area contributed by atoms with Gasteiger partial charge in [-0.2, -0.15) is 9.29 Å². The number of hydrogen-bond donors (Lipinski definition) is 6. The number of phosphoric ester groups is 2. The summed E-state index contributed by atoms with van der Waals surface area (Å²) in [5, 5.41) is 30.8. The highest BCUT2D eigenvalue weighted by Crippen LogP contribution is 2.60. The Morgan fingerprint density at radius 3 is 2.06 bits per heavy atom. The molecule has 19 nitrogen and oxygen atoms in total. The summed E-state index contributed by atoms with van der Waals surface area (Å²) in [5.74, 6) is -1.44. The molecule has 0 radical (unpaired) electrons. The predicted octanol–water partition coefficient (Wildman–Crippen LogP) is 8.86. The van der Waals surface area contributed by atoms with Gasteiger partial charge < -0.3 is 45.1 Å². The maximum atomic E-state index is 12.8. The lowest BCUT2D eigenvalue weighted by atomic mass is 10.1. The van der Waals surface area contributed by atoms with E-state index in [1.54, 1.807) is 6.08 Å². The van der Waals surface area contributed by atoms with E-state index in [4.69, 9.17) is 29.0 Å². The van der Waals surface area contributed by atoms with Crippen LogP contribution >= 0.6 is 15.6 Å². The van der Waals surface area contributed by atoms with Gasteiger partial charge in [-0.15, -0.1) is 0 Å². The lowest BCUT2D eigenvalue weighted by Crippen LogP contribution is -2.36. The van der Waals surface area contributed by atoms with E-state index in [-0.39, 0.29) is 18.7 Å². The predicted molar refractivity (Wildman–Crippen MR) is 271 cm³/mol. The van der Waals surface area contributed by atoms with E-state index in [0.717, 1.165) is 68.6 Å². The van der Waals surface area contributed by atoms with Crippen molar-refractivity contribution in [3.8, 4) is 0 Å². The number of ether oxygens (including phenoxy) is 3. The highest BCUT2D eigenvalue weighted by Gasteiger charge is 2.46. The second-order valence-electron chi connectivity index (χ2n) is 16.8. The third-order valence-electron chi connectivity index (χ3n) is 10.6. The molecule has 2 rings (SSSR count). The molecule has 0 amide bonds. The number of esters is 2. The van der Waals surface area contributed by atoms with Gasteiger partial charge >= 0.3 is 33.3 Å². The van der Waals surface area contributed by atoms with Crippen molar-refractivity contribution in [3.05, 3.63) is 108 Å². The third kappa shape index (κ3) is 30.5. The average Bonchev–Trinajstić information content (AvgIpc) is 3.60. The number of aliphatic hydroxyl groups excluding tert-OH is 3. The first-order valence-electron chi connectivity index (χ1n) is 24.7. The van der Waals surface area contributed by atoms with Crippen LogP contribution in [0.2, 0.25) is 0 Å². The molecule has 71 heavy (non-hydrogen) atoms. The molecule has 1 saturated heterocycles. The zero-order chi connectivity index (χ0) is 52.2. The van der Waals surface area contributed by atoms with Crippen LogP contribution in [0.4, 0.5) is 5.82 Å². The molecule has 2 heterocycles. The van der Waals surface area contributed by atoms with Gasteiger partial charge in [0.05, 0.1) is 19.3 Å². The lowest BCUT2D eigenvalue weighted by molar-refractivity contribution is -0.161. The maximum Gasteiger partial charge on any atom is 0.481 e. The molecular formula is C50H79N3O16P2. The minimum atomic E-state index is -5.45. The van der Waals surface area contributed by atoms with Crippen molar-refractivity contribution in [2.45, 2.75) is 173 Å². The van der Waals surface area contributed by atoms with Crippen LogP contribution < -0.4 is 11.4 Å². The van der Waals surface area contributed by atoms with Crippen LogP contribution in [0.25, 0.3) is 0 Å². The van der Waals surface area contributed by atoms with E-state index in [1.165, 1.54) is 31.7 Å². The van der Waals surface area contributed by atoms with Crippen LogP contribution in [0.15, 0.2) is 102 Å². The fraction of sp³-hybridized carbons (Fsp3) is 0.600. The lowest BCUT2D eigenvalue weighted by Gasteiger charge is -2.21. The van der Waals surface area contributed by atoms with Gasteiger partial charge in [0, 0.05) is 19.0 Å². The van der Waals surface area contributed by atoms with Crippen molar-refractivity contribution in [3.63, 3.8) is 0 Å². The topological polar surface area (TPSA) is 286 Å². The standard InChI is InChI=1S/C50H79N3O16P2/c1-3-5-7-8-9-10-11-13-18-21-24-27-31-35-46(56)67-42(38-64-45(55)34-30-26-23-20-17-15-12-14-16-19-22-25-29-33-41(54)32-28-6-4-2)39-65-70(60,61)69-71(62,63)66-40-43-47(57)48(58)49(68-43)53-37-36-44(51)52-50(53)59/h6,10-11,14-17,22-23,25-26,28-29,33,36-37,41-43,47-49,54,57-58H,3-5,7-9,12-13,18-21,24,27,30-32,34-35,38-40H2,1-2H3,(H,60,61)(H,62,63)(H2,51,52,59)/b11-10-,16-14-,17-15-,25-22+,26-23-,28-6-,33-29+/t41?,42-,43-,47-,48-,49-/m1/s1. The number of aromatic nitrogens is 2.